The number of aryl methyl sites for hydroxylation is 1. The number of rotatable bonds is 3. The molecule has 2 aliphatic rings. The maximum Gasteiger partial charge on any atom is 0.0764 e. The fourth-order valence-corrected chi connectivity index (χ4v) is 2.17. The zero-order chi connectivity index (χ0) is 9.54. The van der Waals surface area contributed by atoms with Crippen LogP contribution < -0.4 is 5.32 Å². The lowest BCUT2D eigenvalue weighted by atomic mass is 9.93. The Labute approximate surface area is 84.5 Å². The first kappa shape index (κ1) is 8.33. The lowest BCUT2D eigenvalue weighted by Gasteiger charge is -2.27. The summed E-state index contributed by atoms with van der Waals surface area (Å²) in [5.41, 5.74) is 2.72. The zero-order valence-electron chi connectivity index (χ0n) is 8.66. The third kappa shape index (κ3) is 1.31. The van der Waals surface area contributed by atoms with Crippen molar-refractivity contribution in [2.24, 2.45) is 7.05 Å². The Kier molecular flexibility index (Phi) is 1.79. The van der Waals surface area contributed by atoms with Crippen LogP contribution in [0, 0.1) is 0 Å². The van der Waals surface area contributed by atoms with Gasteiger partial charge in [0.25, 0.3) is 0 Å². The monoisotopic (exact) mass is 191 g/mol. The van der Waals surface area contributed by atoms with Gasteiger partial charge in [-0.2, -0.15) is 5.10 Å². The fourth-order valence-electron chi connectivity index (χ4n) is 2.17. The molecule has 2 saturated carbocycles. The molecule has 14 heavy (non-hydrogen) atoms. The van der Waals surface area contributed by atoms with Crippen LogP contribution in [0.3, 0.4) is 0 Å². The van der Waals surface area contributed by atoms with E-state index in [9.17, 15) is 0 Å². The van der Waals surface area contributed by atoms with Crippen LogP contribution in [0.15, 0.2) is 6.20 Å². The molecule has 1 heterocycles. The number of hydrogen-bond donors (Lipinski definition) is 1. The van der Waals surface area contributed by atoms with Gasteiger partial charge in [0.1, 0.15) is 0 Å². The van der Waals surface area contributed by atoms with Gasteiger partial charge in [0.15, 0.2) is 0 Å². The summed E-state index contributed by atoms with van der Waals surface area (Å²) in [7, 11) is 2.06. The van der Waals surface area contributed by atoms with Crippen molar-refractivity contribution in [2.75, 3.05) is 5.32 Å². The van der Waals surface area contributed by atoms with E-state index in [1.807, 2.05) is 10.9 Å². The maximum absolute atomic E-state index is 4.34. The molecular formula is C11H17N3. The molecular weight excluding hydrogens is 174 g/mol. The van der Waals surface area contributed by atoms with E-state index in [2.05, 4.69) is 17.5 Å². The Hall–Kier alpha value is -0.990. The van der Waals surface area contributed by atoms with Gasteiger partial charge in [-0.15, -0.1) is 0 Å². The summed E-state index contributed by atoms with van der Waals surface area (Å²) in [5, 5.41) is 7.95. The van der Waals surface area contributed by atoms with E-state index in [1.54, 1.807) is 0 Å². The minimum atomic E-state index is 0.719. The molecule has 0 unspecified atom stereocenters. The highest BCUT2D eigenvalue weighted by Gasteiger charge is 2.30. The molecule has 0 bridgehead atoms. The normalized spacial score (nSPS) is 22.1. The van der Waals surface area contributed by atoms with Crippen molar-refractivity contribution in [1.29, 1.82) is 0 Å². The minimum absolute atomic E-state index is 0.719. The van der Waals surface area contributed by atoms with E-state index >= 15 is 0 Å². The standard InChI is InChI=1S/C11H17N3/c1-14-11(8-5-6-8)10(7-12-14)13-9-3-2-4-9/h7-9,13H,2-6H2,1H3. The molecule has 2 fully saturated rings. The predicted octanol–water partition coefficient (Wildman–Crippen LogP) is 2.26. The van der Waals surface area contributed by atoms with Crippen molar-refractivity contribution in [3.63, 3.8) is 0 Å². The van der Waals surface area contributed by atoms with Gasteiger partial charge in [-0.25, -0.2) is 0 Å². The molecule has 0 aliphatic heterocycles. The maximum atomic E-state index is 4.34. The number of nitrogens with one attached hydrogen (secondary N) is 1. The fraction of sp³-hybridized carbons (Fsp3) is 0.727. The summed E-state index contributed by atoms with van der Waals surface area (Å²) < 4.78 is 2.04. The molecule has 76 valence electrons. The zero-order valence-corrected chi connectivity index (χ0v) is 8.66. The Morgan fingerprint density at radius 1 is 1.36 bits per heavy atom. The molecule has 0 amide bonds. The molecule has 0 saturated heterocycles. The molecule has 0 radical (unpaired) electrons. The van der Waals surface area contributed by atoms with Gasteiger partial charge in [0, 0.05) is 19.0 Å². The average Bonchev–Trinajstić information content (AvgIpc) is 2.85. The van der Waals surface area contributed by atoms with Gasteiger partial charge >= 0.3 is 0 Å². The molecule has 0 aromatic carbocycles. The lowest BCUT2D eigenvalue weighted by Crippen LogP contribution is -2.27. The number of nitrogens with zero attached hydrogens (tertiary/aromatic N) is 2. The van der Waals surface area contributed by atoms with Crippen LogP contribution >= 0.6 is 0 Å². The largest absolute Gasteiger partial charge is 0.380 e. The van der Waals surface area contributed by atoms with Crippen molar-refractivity contribution < 1.29 is 0 Å². The molecule has 0 spiro atoms. The Balaban J connectivity index is 1.81. The third-order valence-corrected chi connectivity index (χ3v) is 3.41. The van der Waals surface area contributed by atoms with E-state index in [1.165, 1.54) is 43.5 Å². The van der Waals surface area contributed by atoms with Gasteiger partial charge in [-0.3, -0.25) is 4.68 Å². The van der Waals surface area contributed by atoms with Gasteiger partial charge < -0.3 is 5.32 Å². The van der Waals surface area contributed by atoms with Crippen molar-refractivity contribution in [1.82, 2.24) is 9.78 Å². The molecule has 1 aromatic heterocycles. The second kappa shape index (κ2) is 3.01. The van der Waals surface area contributed by atoms with E-state index in [-0.39, 0.29) is 0 Å². The van der Waals surface area contributed by atoms with Gasteiger partial charge in [-0.1, -0.05) is 0 Å². The van der Waals surface area contributed by atoms with Gasteiger partial charge in [0.2, 0.25) is 0 Å². The quantitative estimate of drug-likeness (QED) is 0.794. The molecule has 2 aliphatic carbocycles. The summed E-state index contributed by atoms with van der Waals surface area (Å²) in [5.74, 6) is 0.782. The lowest BCUT2D eigenvalue weighted by molar-refractivity contribution is 0.445. The Morgan fingerprint density at radius 3 is 2.71 bits per heavy atom. The van der Waals surface area contributed by atoms with Crippen molar-refractivity contribution in [2.45, 2.75) is 44.1 Å². The van der Waals surface area contributed by atoms with E-state index in [0.29, 0.717) is 0 Å². The Bertz CT molecular complexity index is 334. The second-order valence-corrected chi connectivity index (χ2v) is 4.61. The SMILES string of the molecule is Cn1ncc(NC2CCC2)c1C1CC1. The Morgan fingerprint density at radius 2 is 2.14 bits per heavy atom. The van der Waals surface area contributed by atoms with Crippen LogP contribution in [0.25, 0.3) is 0 Å². The van der Waals surface area contributed by atoms with Gasteiger partial charge in [0.05, 0.1) is 17.6 Å². The van der Waals surface area contributed by atoms with E-state index < -0.39 is 0 Å². The third-order valence-electron chi connectivity index (χ3n) is 3.41. The average molecular weight is 191 g/mol. The first-order valence-electron chi connectivity index (χ1n) is 5.63. The van der Waals surface area contributed by atoms with Crippen LogP contribution in [0.4, 0.5) is 5.69 Å². The first-order valence-corrected chi connectivity index (χ1v) is 5.63. The van der Waals surface area contributed by atoms with Crippen LogP contribution in [0.2, 0.25) is 0 Å². The van der Waals surface area contributed by atoms with E-state index in [0.717, 1.165) is 12.0 Å². The smallest absolute Gasteiger partial charge is 0.0764 e. The number of aromatic nitrogens is 2. The molecule has 3 heteroatoms. The summed E-state index contributed by atoms with van der Waals surface area (Å²) >= 11 is 0. The van der Waals surface area contributed by atoms with E-state index in [4.69, 9.17) is 0 Å². The number of hydrogen-bond acceptors (Lipinski definition) is 2. The van der Waals surface area contributed by atoms with Crippen LogP contribution in [-0.2, 0) is 7.05 Å². The van der Waals surface area contributed by atoms with Crippen molar-refractivity contribution >= 4 is 5.69 Å². The first-order chi connectivity index (χ1) is 6.84. The molecule has 0 atom stereocenters. The van der Waals surface area contributed by atoms with Crippen molar-refractivity contribution in [3.8, 4) is 0 Å². The highest BCUT2D eigenvalue weighted by atomic mass is 15.3. The highest BCUT2D eigenvalue weighted by molar-refractivity contribution is 5.50. The summed E-state index contributed by atoms with van der Waals surface area (Å²) in [6.07, 6.45) is 8.73. The molecule has 3 rings (SSSR count). The second-order valence-electron chi connectivity index (χ2n) is 4.61. The van der Waals surface area contributed by atoms with Gasteiger partial charge in [-0.05, 0) is 32.1 Å². The summed E-state index contributed by atoms with van der Waals surface area (Å²) in [4.78, 5) is 0. The predicted molar refractivity (Wildman–Crippen MR) is 56.4 cm³/mol. The van der Waals surface area contributed by atoms with Crippen LogP contribution in [0.5, 0.6) is 0 Å². The van der Waals surface area contributed by atoms with Crippen LogP contribution in [0.1, 0.15) is 43.7 Å². The molecule has 3 nitrogen and oxygen atoms in total. The van der Waals surface area contributed by atoms with Crippen LogP contribution in [-0.4, -0.2) is 15.8 Å². The number of anilines is 1. The minimum Gasteiger partial charge on any atom is -0.380 e. The highest BCUT2D eigenvalue weighted by Crippen LogP contribution is 2.43. The topological polar surface area (TPSA) is 29.9 Å². The summed E-state index contributed by atoms with van der Waals surface area (Å²) in [6.45, 7) is 0. The van der Waals surface area contributed by atoms with Crippen molar-refractivity contribution in [3.05, 3.63) is 11.9 Å². The molecule has 1 aromatic rings. The summed E-state index contributed by atoms with van der Waals surface area (Å²) in [6, 6.07) is 0.719. The molecule has 1 N–H and O–H groups in total.